The molecule has 1 fully saturated rings. The lowest BCUT2D eigenvalue weighted by Gasteiger charge is -2.33. The van der Waals surface area contributed by atoms with Gasteiger partial charge in [-0.15, -0.1) is 0 Å². The average Bonchev–Trinajstić information content (AvgIpc) is 3.05. The number of carbonyl (C=O) groups excluding carboxylic acids is 1. The average molecular weight is 383 g/mol. The lowest BCUT2D eigenvalue weighted by atomic mass is 10.1. The monoisotopic (exact) mass is 383 g/mol. The lowest BCUT2D eigenvalue weighted by molar-refractivity contribution is 0.164. The van der Waals surface area contributed by atoms with Crippen molar-refractivity contribution in [3.8, 4) is 11.4 Å². The number of aryl methyl sites for hydroxylation is 1. The molecule has 1 saturated heterocycles. The van der Waals surface area contributed by atoms with Crippen molar-refractivity contribution in [1.29, 1.82) is 0 Å². The van der Waals surface area contributed by atoms with Crippen molar-refractivity contribution >= 4 is 22.9 Å². The van der Waals surface area contributed by atoms with Crippen LogP contribution in [0.25, 0.3) is 22.4 Å². The first-order chi connectivity index (χ1) is 13.6. The van der Waals surface area contributed by atoms with Gasteiger partial charge in [0.15, 0.2) is 5.82 Å². The minimum absolute atomic E-state index is 0.0726. The Hall–Kier alpha value is -3.16. The van der Waals surface area contributed by atoms with E-state index in [-0.39, 0.29) is 6.04 Å². The number of alkyl carbamates (subject to hydrolysis) is 1. The molecule has 0 unspecified atom stereocenters. The van der Waals surface area contributed by atoms with Crippen LogP contribution in [0.4, 0.5) is 15.0 Å². The molecule has 0 atom stereocenters. The maximum Gasteiger partial charge on any atom is 0.407 e. The summed E-state index contributed by atoms with van der Waals surface area (Å²) in [6, 6.07) is 9.56. The lowest BCUT2D eigenvalue weighted by Crippen LogP contribution is -2.44. The summed E-state index contributed by atoms with van der Waals surface area (Å²) >= 11 is 0. The second-order valence-electron chi connectivity index (χ2n) is 6.90. The van der Waals surface area contributed by atoms with E-state index in [2.05, 4.69) is 24.9 Å². The van der Waals surface area contributed by atoms with Gasteiger partial charge in [-0.3, -0.25) is 0 Å². The van der Waals surface area contributed by atoms with Crippen LogP contribution in [0.15, 0.2) is 36.5 Å². The molecule has 0 radical (unpaired) electrons. The zero-order chi connectivity index (χ0) is 19.7. The summed E-state index contributed by atoms with van der Waals surface area (Å²) in [5.74, 6) is 0.883. The van der Waals surface area contributed by atoms with E-state index in [0.717, 1.165) is 37.0 Å². The van der Waals surface area contributed by atoms with Crippen LogP contribution >= 0.6 is 0 Å². The third kappa shape index (κ3) is 3.37. The highest BCUT2D eigenvalue weighted by atomic mass is 19.1. The number of halogens is 1. The summed E-state index contributed by atoms with van der Waals surface area (Å²) in [5, 5.41) is 2.83. The Kier molecular flexibility index (Phi) is 4.85. The summed E-state index contributed by atoms with van der Waals surface area (Å²) in [4.78, 5) is 22.3. The van der Waals surface area contributed by atoms with E-state index in [4.69, 9.17) is 0 Å². The van der Waals surface area contributed by atoms with Crippen LogP contribution in [-0.4, -0.2) is 46.9 Å². The van der Waals surface area contributed by atoms with Gasteiger partial charge in [-0.2, -0.15) is 0 Å². The number of piperidine rings is 1. The van der Waals surface area contributed by atoms with Crippen molar-refractivity contribution in [3.63, 3.8) is 0 Å². The predicted octanol–water partition coefficient (Wildman–Crippen LogP) is 3.10. The molecule has 2 aromatic heterocycles. The molecule has 3 aromatic rings. The molecule has 1 N–H and O–H groups in total. The smallest absolute Gasteiger partial charge is 0.407 e. The highest BCUT2D eigenvalue weighted by molar-refractivity contribution is 5.81. The highest BCUT2D eigenvalue weighted by Gasteiger charge is 2.23. The molecule has 3 heterocycles. The first kappa shape index (κ1) is 18.2. The van der Waals surface area contributed by atoms with Gasteiger partial charge >= 0.3 is 6.09 Å². The number of rotatable bonds is 3. The Morgan fingerprint density at radius 3 is 2.75 bits per heavy atom. The number of nitrogens with one attached hydrogen (secondary N) is 1. The van der Waals surface area contributed by atoms with Crippen molar-refractivity contribution in [3.05, 3.63) is 42.3 Å². The largest absolute Gasteiger partial charge is 0.453 e. The quantitative estimate of drug-likeness (QED) is 0.752. The number of fused-ring (bicyclic) bond motifs is 1. The third-order valence-corrected chi connectivity index (χ3v) is 5.20. The van der Waals surface area contributed by atoms with Crippen LogP contribution in [-0.2, 0) is 11.8 Å². The molecule has 4 rings (SSSR count). The van der Waals surface area contributed by atoms with Gasteiger partial charge in [0.25, 0.3) is 0 Å². The van der Waals surface area contributed by atoms with E-state index in [0.29, 0.717) is 17.2 Å². The van der Waals surface area contributed by atoms with E-state index in [9.17, 15) is 9.18 Å². The Balaban J connectivity index is 1.58. The van der Waals surface area contributed by atoms with Crippen molar-refractivity contribution in [2.45, 2.75) is 18.9 Å². The number of hydrogen-bond acceptors (Lipinski definition) is 5. The summed E-state index contributed by atoms with van der Waals surface area (Å²) < 4.78 is 21.1. The first-order valence-electron chi connectivity index (χ1n) is 9.23. The van der Waals surface area contributed by atoms with Gasteiger partial charge in [-0.1, -0.05) is 12.1 Å². The van der Waals surface area contributed by atoms with Gasteiger partial charge in [0.2, 0.25) is 0 Å². The van der Waals surface area contributed by atoms with Crippen molar-refractivity contribution in [2.24, 2.45) is 7.05 Å². The van der Waals surface area contributed by atoms with Gasteiger partial charge in [-0.25, -0.2) is 19.2 Å². The molecule has 7 nitrogen and oxygen atoms in total. The Morgan fingerprint density at radius 2 is 2.04 bits per heavy atom. The summed E-state index contributed by atoms with van der Waals surface area (Å²) in [6.07, 6.45) is 2.39. The van der Waals surface area contributed by atoms with E-state index < -0.39 is 11.9 Å². The van der Waals surface area contributed by atoms with Crippen LogP contribution in [0.3, 0.4) is 0 Å². The number of ether oxygens (including phenoxy) is 1. The number of pyridine rings is 1. The van der Waals surface area contributed by atoms with Crippen LogP contribution in [0.2, 0.25) is 0 Å². The standard InChI is InChI=1S/C20H22FN5O2/c1-25-17-6-4-3-5-16(17)24-19(25)14-11-18(22-12-15(14)21)26-9-7-13(8-10-26)23-20(27)28-2/h3-6,11-13H,7-10H2,1-2H3,(H,23,27). The van der Waals surface area contributed by atoms with Crippen LogP contribution in [0, 0.1) is 5.82 Å². The normalized spacial score (nSPS) is 15.0. The number of nitrogens with zero attached hydrogens (tertiary/aromatic N) is 4. The fourth-order valence-corrected chi connectivity index (χ4v) is 3.64. The van der Waals surface area contributed by atoms with Crippen LogP contribution in [0.5, 0.6) is 0 Å². The van der Waals surface area contributed by atoms with Gasteiger partial charge in [-0.05, 0) is 31.0 Å². The van der Waals surface area contributed by atoms with Crippen LogP contribution in [0.1, 0.15) is 12.8 Å². The van der Waals surface area contributed by atoms with E-state index >= 15 is 0 Å². The van der Waals surface area contributed by atoms with Crippen molar-refractivity contribution < 1.29 is 13.9 Å². The van der Waals surface area contributed by atoms with Crippen LogP contribution < -0.4 is 10.2 Å². The number of benzene rings is 1. The fraction of sp³-hybridized carbons (Fsp3) is 0.350. The van der Waals surface area contributed by atoms with E-state index in [1.54, 1.807) is 6.07 Å². The molecule has 0 saturated carbocycles. The molecular weight excluding hydrogens is 361 g/mol. The number of aromatic nitrogens is 3. The number of anilines is 1. The molecule has 1 aromatic carbocycles. The molecule has 0 spiro atoms. The number of para-hydroxylation sites is 2. The minimum Gasteiger partial charge on any atom is -0.453 e. The number of hydrogen-bond donors (Lipinski definition) is 1. The van der Waals surface area contributed by atoms with E-state index in [1.165, 1.54) is 13.3 Å². The molecule has 28 heavy (non-hydrogen) atoms. The van der Waals surface area contributed by atoms with Crippen molar-refractivity contribution in [1.82, 2.24) is 19.9 Å². The van der Waals surface area contributed by atoms with Gasteiger partial charge in [0, 0.05) is 26.2 Å². The van der Waals surface area contributed by atoms with Crippen molar-refractivity contribution in [2.75, 3.05) is 25.1 Å². The molecule has 0 aliphatic carbocycles. The molecule has 1 aliphatic heterocycles. The number of carbonyl (C=O) groups is 1. The second kappa shape index (κ2) is 7.46. The number of amides is 1. The molecule has 146 valence electrons. The van der Waals surface area contributed by atoms with Gasteiger partial charge < -0.3 is 19.5 Å². The second-order valence-corrected chi connectivity index (χ2v) is 6.90. The number of imidazole rings is 1. The third-order valence-electron chi connectivity index (χ3n) is 5.20. The Bertz CT molecular complexity index is 1010. The zero-order valence-corrected chi connectivity index (χ0v) is 15.9. The molecule has 8 heteroatoms. The maximum absolute atomic E-state index is 14.6. The topological polar surface area (TPSA) is 72.3 Å². The molecule has 1 aliphatic rings. The molecule has 1 amide bonds. The number of methoxy groups -OCH3 is 1. The highest BCUT2D eigenvalue weighted by Crippen LogP contribution is 2.29. The SMILES string of the molecule is COC(=O)NC1CCN(c2cc(-c3nc4ccccc4n3C)c(F)cn2)CC1. The summed E-state index contributed by atoms with van der Waals surface area (Å²) in [5.41, 5.74) is 2.20. The van der Waals surface area contributed by atoms with E-state index in [1.807, 2.05) is 35.9 Å². The molecule has 0 bridgehead atoms. The first-order valence-corrected chi connectivity index (χ1v) is 9.23. The predicted molar refractivity (Wildman–Crippen MR) is 105 cm³/mol. The zero-order valence-electron chi connectivity index (χ0n) is 15.9. The van der Waals surface area contributed by atoms with Gasteiger partial charge in [0.1, 0.15) is 11.6 Å². The molecular formula is C20H22FN5O2. The fourth-order valence-electron chi connectivity index (χ4n) is 3.64. The summed E-state index contributed by atoms with van der Waals surface area (Å²) in [6.45, 7) is 1.44. The maximum atomic E-state index is 14.6. The summed E-state index contributed by atoms with van der Waals surface area (Å²) in [7, 11) is 3.24. The van der Waals surface area contributed by atoms with Gasteiger partial charge in [0.05, 0.1) is 29.9 Å². The Morgan fingerprint density at radius 1 is 1.29 bits per heavy atom. The Labute approximate surface area is 162 Å². The minimum atomic E-state index is -0.414.